The van der Waals surface area contributed by atoms with Gasteiger partial charge in [-0.3, -0.25) is 14.7 Å². The maximum Gasteiger partial charge on any atom is 0.352 e. The first-order valence-electron chi connectivity index (χ1n) is 6.75. The van der Waals surface area contributed by atoms with Gasteiger partial charge >= 0.3 is 5.97 Å². The lowest BCUT2D eigenvalue weighted by Crippen LogP contribution is -2.64. The topological polar surface area (TPSA) is 70.0 Å². The standard InChI is InChI=1S/C13H14BrClN2O3S.ClH/c14-10(15)7-5-21-12-8(16-6-3-1-2-4-6)11(18)17(12)9(7)13(19)20;/h8,10,12H,1-5H2,(H,19,20);1H/t8-,10?,12+;/m1./s1. The van der Waals surface area contributed by atoms with Crippen LogP contribution in [0.3, 0.4) is 0 Å². The third-order valence-electron chi connectivity index (χ3n) is 3.94. The van der Waals surface area contributed by atoms with Crippen LogP contribution in [0.1, 0.15) is 25.7 Å². The third kappa shape index (κ3) is 3.05. The van der Waals surface area contributed by atoms with E-state index in [4.69, 9.17) is 11.6 Å². The van der Waals surface area contributed by atoms with Gasteiger partial charge in [0.15, 0.2) is 6.04 Å². The van der Waals surface area contributed by atoms with E-state index in [-0.39, 0.29) is 29.4 Å². The Morgan fingerprint density at radius 2 is 2.09 bits per heavy atom. The van der Waals surface area contributed by atoms with Crippen LogP contribution in [-0.2, 0) is 9.59 Å². The molecule has 0 aromatic carbocycles. The van der Waals surface area contributed by atoms with E-state index < -0.39 is 16.3 Å². The van der Waals surface area contributed by atoms with Gasteiger partial charge in [-0.2, -0.15) is 0 Å². The Kier molecular flexibility index (Phi) is 5.85. The smallest absolute Gasteiger partial charge is 0.352 e. The van der Waals surface area contributed by atoms with Gasteiger partial charge < -0.3 is 5.11 Å². The van der Waals surface area contributed by atoms with Crippen molar-refractivity contribution in [1.82, 2.24) is 4.90 Å². The van der Waals surface area contributed by atoms with Crippen molar-refractivity contribution in [1.29, 1.82) is 0 Å². The molecule has 1 saturated heterocycles. The van der Waals surface area contributed by atoms with Crippen molar-refractivity contribution >= 4 is 69.3 Å². The molecule has 1 saturated carbocycles. The zero-order valence-electron chi connectivity index (χ0n) is 11.5. The molecule has 2 aliphatic heterocycles. The SMILES string of the molecule is Cl.O=C(O)C1=C(C(Cl)Br)CS[C@H]2[C@H](N=C3CCCC3)C(=O)N12. The maximum atomic E-state index is 12.3. The number of aliphatic imine (C=N–C) groups is 1. The highest BCUT2D eigenvalue weighted by molar-refractivity contribution is 9.10. The molecule has 0 aromatic heterocycles. The van der Waals surface area contributed by atoms with Crippen LogP contribution in [0.4, 0.5) is 0 Å². The van der Waals surface area contributed by atoms with Gasteiger partial charge in [-0.25, -0.2) is 4.79 Å². The molecule has 0 bridgehead atoms. The molecule has 3 atom stereocenters. The fourth-order valence-electron chi connectivity index (χ4n) is 2.88. The highest BCUT2D eigenvalue weighted by atomic mass is 79.9. The summed E-state index contributed by atoms with van der Waals surface area (Å²) in [6.07, 6.45) is 4.17. The monoisotopic (exact) mass is 428 g/mol. The molecule has 0 aromatic rings. The second-order valence-electron chi connectivity index (χ2n) is 5.24. The van der Waals surface area contributed by atoms with E-state index in [0.29, 0.717) is 11.3 Å². The van der Waals surface area contributed by atoms with Crippen LogP contribution >= 0.6 is 51.7 Å². The number of carbonyl (C=O) groups is 2. The summed E-state index contributed by atoms with van der Waals surface area (Å²) in [5.41, 5.74) is 1.64. The Morgan fingerprint density at radius 1 is 1.45 bits per heavy atom. The minimum atomic E-state index is -1.11. The molecule has 2 fully saturated rings. The third-order valence-corrected chi connectivity index (χ3v) is 6.04. The van der Waals surface area contributed by atoms with E-state index in [1.807, 2.05) is 0 Å². The van der Waals surface area contributed by atoms with Crippen molar-refractivity contribution in [2.75, 3.05) is 5.75 Å². The van der Waals surface area contributed by atoms with Gasteiger partial charge in [-0.15, -0.1) is 35.8 Å². The number of carboxylic acid groups (broad SMARTS) is 1. The second-order valence-corrected chi connectivity index (χ2v) is 8.22. The lowest BCUT2D eigenvalue weighted by atomic mass is 10.0. The number of amides is 1. The number of thioether (sulfide) groups is 1. The molecule has 1 amide bonds. The first kappa shape index (κ1) is 18.1. The lowest BCUT2D eigenvalue weighted by Gasteiger charge is -2.48. The van der Waals surface area contributed by atoms with Crippen LogP contribution < -0.4 is 0 Å². The molecule has 0 radical (unpaired) electrons. The number of aliphatic carboxylic acids is 1. The van der Waals surface area contributed by atoms with E-state index in [1.165, 1.54) is 16.7 Å². The molecule has 122 valence electrons. The summed E-state index contributed by atoms with van der Waals surface area (Å²) in [6.45, 7) is 0. The number of rotatable bonds is 3. The Morgan fingerprint density at radius 3 is 2.64 bits per heavy atom. The predicted octanol–water partition coefficient (Wildman–Crippen LogP) is 3.01. The first-order valence-corrected chi connectivity index (χ1v) is 9.15. The van der Waals surface area contributed by atoms with E-state index in [2.05, 4.69) is 20.9 Å². The molecule has 1 unspecified atom stereocenters. The first-order chi connectivity index (χ1) is 10.0. The number of hydrogen-bond donors (Lipinski definition) is 1. The molecular weight excluding hydrogens is 415 g/mol. The highest BCUT2D eigenvalue weighted by Crippen LogP contribution is 2.44. The lowest BCUT2D eigenvalue weighted by molar-refractivity contribution is -0.147. The van der Waals surface area contributed by atoms with Gasteiger partial charge in [0.1, 0.15) is 15.4 Å². The summed E-state index contributed by atoms with van der Waals surface area (Å²) < 4.78 is -0.579. The van der Waals surface area contributed by atoms with Crippen molar-refractivity contribution in [3.05, 3.63) is 11.3 Å². The Labute approximate surface area is 152 Å². The molecule has 0 spiro atoms. The van der Waals surface area contributed by atoms with Gasteiger partial charge in [0.05, 0.1) is 0 Å². The summed E-state index contributed by atoms with van der Waals surface area (Å²) in [4.78, 5) is 29.7. The Bertz CT molecular complexity index is 559. The number of nitrogens with zero attached hydrogens (tertiary/aromatic N) is 2. The number of β-lactam (4-membered cyclic amide) rings is 1. The average Bonchev–Trinajstić information content (AvgIpc) is 2.95. The molecule has 5 nitrogen and oxygen atoms in total. The molecule has 2 heterocycles. The number of carboxylic acids is 1. The molecular formula is C13H15BrCl2N2O3S. The van der Waals surface area contributed by atoms with E-state index in [1.54, 1.807) is 0 Å². The van der Waals surface area contributed by atoms with Crippen LogP contribution in [0.2, 0.25) is 0 Å². The van der Waals surface area contributed by atoms with Crippen molar-refractivity contribution in [2.24, 2.45) is 4.99 Å². The van der Waals surface area contributed by atoms with Crippen molar-refractivity contribution in [2.45, 2.75) is 41.4 Å². The van der Waals surface area contributed by atoms with Crippen LogP contribution in [0.5, 0.6) is 0 Å². The minimum absolute atomic E-state index is 0. The summed E-state index contributed by atoms with van der Waals surface area (Å²) in [6, 6.07) is -0.428. The zero-order valence-corrected chi connectivity index (χ0v) is 15.5. The molecule has 1 aliphatic carbocycles. The molecule has 22 heavy (non-hydrogen) atoms. The number of fused-ring (bicyclic) bond motifs is 1. The molecule has 1 N–H and O–H groups in total. The Balaban J connectivity index is 0.00000176. The minimum Gasteiger partial charge on any atom is -0.477 e. The van der Waals surface area contributed by atoms with Crippen molar-refractivity contribution in [3.63, 3.8) is 0 Å². The fraction of sp³-hybridized carbons (Fsp3) is 0.615. The number of carbonyl (C=O) groups excluding carboxylic acids is 1. The van der Waals surface area contributed by atoms with Gasteiger partial charge in [0.2, 0.25) is 0 Å². The number of hydrogen-bond acceptors (Lipinski definition) is 4. The zero-order chi connectivity index (χ0) is 15.1. The summed E-state index contributed by atoms with van der Waals surface area (Å²) in [7, 11) is 0. The number of alkyl halides is 2. The van der Waals surface area contributed by atoms with Crippen LogP contribution in [0.15, 0.2) is 16.3 Å². The largest absolute Gasteiger partial charge is 0.477 e. The molecule has 9 heteroatoms. The molecule has 3 rings (SSSR count). The second kappa shape index (κ2) is 7.11. The Hall–Kier alpha value is -0.240. The highest BCUT2D eigenvalue weighted by Gasteiger charge is 2.54. The normalized spacial score (nSPS) is 28.7. The average molecular weight is 430 g/mol. The van der Waals surface area contributed by atoms with E-state index in [0.717, 1.165) is 31.4 Å². The van der Waals surface area contributed by atoms with E-state index in [9.17, 15) is 14.7 Å². The van der Waals surface area contributed by atoms with Crippen molar-refractivity contribution in [3.8, 4) is 0 Å². The molecule has 3 aliphatic rings. The summed E-state index contributed by atoms with van der Waals surface area (Å²) in [5, 5.41) is 9.19. The van der Waals surface area contributed by atoms with Gasteiger partial charge in [-0.05, 0) is 31.3 Å². The quantitative estimate of drug-likeness (QED) is 0.552. The fourth-order valence-corrected chi connectivity index (χ4v) is 5.12. The van der Waals surface area contributed by atoms with Gasteiger partial charge in [0, 0.05) is 11.5 Å². The van der Waals surface area contributed by atoms with Crippen LogP contribution in [0, 0.1) is 0 Å². The van der Waals surface area contributed by atoms with Gasteiger partial charge in [-0.1, -0.05) is 15.9 Å². The van der Waals surface area contributed by atoms with E-state index >= 15 is 0 Å². The summed E-state index contributed by atoms with van der Waals surface area (Å²) >= 11 is 10.7. The van der Waals surface area contributed by atoms with Crippen molar-refractivity contribution < 1.29 is 14.7 Å². The predicted molar refractivity (Wildman–Crippen MR) is 93.3 cm³/mol. The maximum absolute atomic E-state index is 12.3. The summed E-state index contributed by atoms with van der Waals surface area (Å²) in [5.74, 6) is -0.844. The van der Waals surface area contributed by atoms with Crippen LogP contribution in [0.25, 0.3) is 0 Å². The number of halogens is 3. The van der Waals surface area contributed by atoms with Gasteiger partial charge in [0.25, 0.3) is 5.91 Å². The van der Waals surface area contributed by atoms with Crippen LogP contribution in [-0.4, -0.2) is 49.0 Å².